The molecular weight excluding hydrogens is 408 g/mol. The Morgan fingerprint density at radius 3 is 2.31 bits per heavy atom. The number of carbonyl (C=O) groups is 2. The highest BCUT2D eigenvalue weighted by molar-refractivity contribution is 5.87. The van der Waals surface area contributed by atoms with E-state index in [1.54, 1.807) is 26.2 Å². The van der Waals surface area contributed by atoms with Gasteiger partial charge in [-0.05, 0) is 55.2 Å². The van der Waals surface area contributed by atoms with Gasteiger partial charge in [0.2, 0.25) is 11.8 Å². The average Bonchev–Trinajstić information content (AvgIpc) is 2.82. The molecule has 7 heteroatoms. The summed E-state index contributed by atoms with van der Waals surface area (Å²) in [6.07, 6.45) is 1.33. The first-order valence-electron chi connectivity index (χ1n) is 10.9. The van der Waals surface area contributed by atoms with Crippen LogP contribution in [0.2, 0.25) is 0 Å². The summed E-state index contributed by atoms with van der Waals surface area (Å²) in [7, 11) is 4.78. The lowest BCUT2D eigenvalue weighted by Gasteiger charge is -2.30. The van der Waals surface area contributed by atoms with E-state index in [0.717, 1.165) is 11.1 Å². The Balaban J connectivity index is 2.23. The molecule has 0 aromatic heterocycles. The zero-order chi connectivity index (χ0) is 23.5. The largest absolute Gasteiger partial charge is 0.497 e. The van der Waals surface area contributed by atoms with Gasteiger partial charge in [-0.3, -0.25) is 9.59 Å². The second kappa shape index (κ2) is 12.6. The van der Waals surface area contributed by atoms with Gasteiger partial charge in [0.15, 0.2) is 11.5 Å². The van der Waals surface area contributed by atoms with Crippen molar-refractivity contribution < 1.29 is 23.8 Å². The van der Waals surface area contributed by atoms with Gasteiger partial charge in [-0.2, -0.15) is 0 Å². The number of ether oxygens (including phenoxy) is 3. The quantitative estimate of drug-likeness (QED) is 0.544. The third kappa shape index (κ3) is 6.64. The summed E-state index contributed by atoms with van der Waals surface area (Å²) in [5.41, 5.74) is 1.87. The van der Waals surface area contributed by atoms with Crippen molar-refractivity contribution in [1.29, 1.82) is 0 Å². The van der Waals surface area contributed by atoms with E-state index in [4.69, 9.17) is 14.2 Å². The molecule has 174 valence electrons. The molecule has 1 atom stereocenters. The van der Waals surface area contributed by atoms with Crippen molar-refractivity contribution in [3.05, 3.63) is 53.6 Å². The van der Waals surface area contributed by atoms with Crippen LogP contribution in [0.4, 0.5) is 0 Å². The van der Waals surface area contributed by atoms with Gasteiger partial charge in [0.1, 0.15) is 11.8 Å². The van der Waals surface area contributed by atoms with Gasteiger partial charge >= 0.3 is 0 Å². The fourth-order valence-electron chi connectivity index (χ4n) is 3.61. The van der Waals surface area contributed by atoms with Crippen LogP contribution in [0.3, 0.4) is 0 Å². The van der Waals surface area contributed by atoms with E-state index in [1.165, 1.54) is 0 Å². The molecular formula is C25H34N2O5. The van der Waals surface area contributed by atoms with Gasteiger partial charge in [0.05, 0.1) is 21.3 Å². The van der Waals surface area contributed by atoms with Gasteiger partial charge in [0, 0.05) is 19.5 Å². The fourth-order valence-corrected chi connectivity index (χ4v) is 3.61. The Bertz CT molecular complexity index is 900. The lowest BCUT2D eigenvalue weighted by Crippen LogP contribution is -2.49. The normalized spacial score (nSPS) is 11.4. The third-order valence-corrected chi connectivity index (χ3v) is 5.30. The Labute approximate surface area is 190 Å². The number of aryl methyl sites for hydroxylation is 1. The molecule has 0 saturated heterocycles. The Morgan fingerprint density at radius 1 is 0.938 bits per heavy atom. The highest BCUT2D eigenvalue weighted by Crippen LogP contribution is 2.28. The first-order valence-corrected chi connectivity index (χ1v) is 10.9. The molecule has 0 aliphatic rings. The first-order chi connectivity index (χ1) is 15.5. The minimum absolute atomic E-state index is 0.0827. The summed E-state index contributed by atoms with van der Waals surface area (Å²) >= 11 is 0. The van der Waals surface area contributed by atoms with Crippen LogP contribution in [-0.4, -0.2) is 50.6 Å². The summed E-state index contributed by atoms with van der Waals surface area (Å²) in [6.45, 7) is 4.63. The summed E-state index contributed by atoms with van der Waals surface area (Å²) in [5, 5.41) is 2.85. The third-order valence-electron chi connectivity index (χ3n) is 5.30. The zero-order valence-electron chi connectivity index (χ0n) is 19.6. The number of nitrogens with zero attached hydrogens (tertiary/aromatic N) is 1. The molecule has 0 aliphatic carbocycles. The molecule has 1 N–H and O–H groups in total. The number of methoxy groups -OCH3 is 3. The molecule has 0 radical (unpaired) electrons. The highest BCUT2D eigenvalue weighted by atomic mass is 16.5. The average molecular weight is 443 g/mol. The summed E-state index contributed by atoms with van der Waals surface area (Å²) in [6, 6.07) is 12.6. The van der Waals surface area contributed by atoms with Crippen molar-refractivity contribution in [2.75, 3.05) is 27.9 Å². The van der Waals surface area contributed by atoms with Gasteiger partial charge in [-0.1, -0.05) is 25.1 Å². The number of likely N-dealkylation sites (N-methyl/N-ethyl adjacent to an activating group) is 1. The van der Waals surface area contributed by atoms with Crippen LogP contribution in [-0.2, 0) is 22.6 Å². The number of hydrogen-bond acceptors (Lipinski definition) is 5. The summed E-state index contributed by atoms with van der Waals surface area (Å²) in [4.78, 5) is 27.7. The predicted molar refractivity (Wildman–Crippen MR) is 124 cm³/mol. The second-order valence-corrected chi connectivity index (χ2v) is 7.38. The van der Waals surface area contributed by atoms with Gasteiger partial charge < -0.3 is 24.4 Å². The number of amides is 2. The van der Waals surface area contributed by atoms with Crippen molar-refractivity contribution in [2.45, 2.75) is 45.7 Å². The number of rotatable bonds is 12. The van der Waals surface area contributed by atoms with E-state index in [1.807, 2.05) is 56.3 Å². The van der Waals surface area contributed by atoms with Crippen molar-refractivity contribution in [3.8, 4) is 17.2 Å². The van der Waals surface area contributed by atoms with E-state index in [9.17, 15) is 9.59 Å². The van der Waals surface area contributed by atoms with Crippen molar-refractivity contribution in [1.82, 2.24) is 10.2 Å². The summed E-state index contributed by atoms with van der Waals surface area (Å²) in [5.74, 6) is 1.76. The molecule has 2 aromatic rings. The van der Waals surface area contributed by atoms with E-state index < -0.39 is 6.04 Å². The molecule has 0 spiro atoms. The van der Waals surface area contributed by atoms with Crippen LogP contribution in [0.25, 0.3) is 0 Å². The topological polar surface area (TPSA) is 77.1 Å². The summed E-state index contributed by atoms with van der Waals surface area (Å²) < 4.78 is 16.0. The van der Waals surface area contributed by atoms with Crippen molar-refractivity contribution >= 4 is 11.8 Å². The maximum absolute atomic E-state index is 13.3. The van der Waals surface area contributed by atoms with Gasteiger partial charge in [-0.25, -0.2) is 0 Å². The SMILES string of the molecule is CCNC(=O)C(CC)N(Cc1cccc(OC)c1)C(=O)CCc1ccc(OC)c(OC)c1. The second-order valence-electron chi connectivity index (χ2n) is 7.38. The minimum Gasteiger partial charge on any atom is -0.497 e. The monoisotopic (exact) mass is 442 g/mol. The van der Waals surface area contributed by atoms with Crippen LogP contribution in [0.1, 0.15) is 37.8 Å². The maximum Gasteiger partial charge on any atom is 0.242 e. The molecule has 0 aliphatic heterocycles. The predicted octanol–water partition coefficient (Wildman–Crippen LogP) is 3.59. The molecule has 0 saturated carbocycles. The molecule has 2 amide bonds. The molecule has 0 fully saturated rings. The lowest BCUT2D eigenvalue weighted by molar-refractivity contribution is -0.141. The Hall–Kier alpha value is -3.22. The molecule has 0 bridgehead atoms. The van der Waals surface area contributed by atoms with E-state index in [0.29, 0.717) is 43.2 Å². The van der Waals surface area contributed by atoms with Crippen LogP contribution >= 0.6 is 0 Å². The Kier molecular flexibility index (Phi) is 9.85. The molecule has 7 nitrogen and oxygen atoms in total. The number of benzene rings is 2. The van der Waals surface area contributed by atoms with E-state index in [2.05, 4.69) is 5.32 Å². The highest BCUT2D eigenvalue weighted by Gasteiger charge is 2.28. The van der Waals surface area contributed by atoms with Gasteiger partial charge in [0.25, 0.3) is 0 Å². The van der Waals surface area contributed by atoms with Crippen LogP contribution in [0.15, 0.2) is 42.5 Å². The van der Waals surface area contributed by atoms with Crippen LogP contribution in [0.5, 0.6) is 17.2 Å². The minimum atomic E-state index is -0.543. The lowest BCUT2D eigenvalue weighted by atomic mass is 10.1. The molecule has 32 heavy (non-hydrogen) atoms. The van der Waals surface area contributed by atoms with Crippen LogP contribution < -0.4 is 19.5 Å². The molecule has 2 aromatic carbocycles. The standard InChI is InChI=1S/C25H34N2O5/c1-6-21(25(29)26-7-2)27(17-19-9-8-10-20(15-19)30-3)24(28)14-12-18-11-13-22(31-4)23(16-18)32-5/h8-11,13,15-16,21H,6-7,12,14,17H2,1-5H3,(H,26,29). The Morgan fingerprint density at radius 2 is 1.69 bits per heavy atom. The maximum atomic E-state index is 13.3. The van der Waals surface area contributed by atoms with Crippen molar-refractivity contribution in [3.63, 3.8) is 0 Å². The molecule has 2 rings (SSSR count). The smallest absolute Gasteiger partial charge is 0.242 e. The van der Waals surface area contributed by atoms with Crippen LogP contribution in [0, 0.1) is 0 Å². The van der Waals surface area contributed by atoms with Crippen molar-refractivity contribution in [2.24, 2.45) is 0 Å². The zero-order valence-corrected chi connectivity index (χ0v) is 19.6. The van der Waals surface area contributed by atoms with Gasteiger partial charge in [-0.15, -0.1) is 0 Å². The number of hydrogen-bond donors (Lipinski definition) is 1. The number of nitrogens with one attached hydrogen (secondary N) is 1. The van der Waals surface area contributed by atoms with E-state index >= 15 is 0 Å². The molecule has 0 heterocycles. The molecule has 1 unspecified atom stereocenters. The number of carbonyl (C=O) groups excluding carboxylic acids is 2. The van der Waals surface area contributed by atoms with E-state index in [-0.39, 0.29) is 18.2 Å². The fraction of sp³-hybridized carbons (Fsp3) is 0.440. The first kappa shape index (κ1) is 25.0.